The van der Waals surface area contributed by atoms with Crippen molar-refractivity contribution < 1.29 is 0 Å². The SMILES string of the molecule is NN1CCCCC1c1ccc(Br)cc1. The number of nitrogens with zero attached hydrogens (tertiary/aromatic N) is 1. The molecule has 0 bridgehead atoms. The number of halogens is 1. The van der Waals surface area contributed by atoms with Crippen molar-refractivity contribution in [3.63, 3.8) is 0 Å². The van der Waals surface area contributed by atoms with Crippen molar-refractivity contribution >= 4 is 15.9 Å². The summed E-state index contributed by atoms with van der Waals surface area (Å²) in [6, 6.07) is 8.88. The number of hydrazine groups is 1. The number of rotatable bonds is 1. The average molecular weight is 255 g/mol. The van der Waals surface area contributed by atoms with Crippen molar-refractivity contribution in [2.45, 2.75) is 25.3 Å². The number of benzene rings is 1. The molecule has 1 heterocycles. The molecule has 2 nitrogen and oxygen atoms in total. The van der Waals surface area contributed by atoms with Crippen LogP contribution in [-0.2, 0) is 0 Å². The standard InChI is InChI=1S/C11H15BrN2/c12-10-6-4-9(5-7-10)11-3-1-2-8-14(11)13/h4-7,11H,1-3,8,13H2. The molecule has 0 aromatic heterocycles. The molecule has 0 radical (unpaired) electrons. The molecule has 1 aromatic rings. The van der Waals surface area contributed by atoms with Crippen LogP contribution in [0.15, 0.2) is 28.7 Å². The molecule has 0 saturated carbocycles. The summed E-state index contributed by atoms with van der Waals surface area (Å²) in [5, 5.41) is 1.97. The second-order valence-electron chi connectivity index (χ2n) is 3.80. The van der Waals surface area contributed by atoms with E-state index in [1.54, 1.807) is 0 Å². The zero-order valence-electron chi connectivity index (χ0n) is 8.12. The second kappa shape index (κ2) is 4.43. The maximum Gasteiger partial charge on any atom is 0.0490 e. The molecule has 0 amide bonds. The highest BCUT2D eigenvalue weighted by Crippen LogP contribution is 2.28. The molecule has 1 fully saturated rings. The van der Waals surface area contributed by atoms with Gasteiger partial charge in [-0.05, 0) is 30.5 Å². The van der Waals surface area contributed by atoms with Gasteiger partial charge in [0.15, 0.2) is 0 Å². The molecule has 0 spiro atoms. The van der Waals surface area contributed by atoms with E-state index in [1.807, 2.05) is 5.01 Å². The lowest BCUT2D eigenvalue weighted by Crippen LogP contribution is -2.38. The Morgan fingerprint density at radius 3 is 2.57 bits per heavy atom. The molecule has 1 aromatic carbocycles. The molecule has 14 heavy (non-hydrogen) atoms. The van der Waals surface area contributed by atoms with Gasteiger partial charge < -0.3 is 0 Å². The fraction of sp³-hybridized carbons (Fsp3) is 0.455. The van der Waals surface area contributed by atoms with E-state index in [1.165, 1.54) is 24.8 Å². The van der Waals surface area contributed by atoms with E-state index < -0.39 is 0 Å². The lowest BCUT2D eigenvalue weighted by molar-refractivity contribution is 0.151. The van der Waals surface area contributed by atoms with Crippen LogP contribution in [0.2, 0.25) is 0 Å². The van der Waals surface area contributed by atoms with Crippen molar-refractivity contribution in [1.82, 2.24) is 5.01 Å². The first-order valence-electron chi connectivity index (χ1n) is 5.04. The minimum Gasteiger partial charge on any atom is -0.268 e. The maximum atomic E-state index is 5.97. The Hall–Kier alpha value is -0.380. The van der Waals surface area contributed by atoms with Crippen LogP contribution in [0.25, 0.3) is 0 Å². The van der Waals surface area contributed by atoms with Crippen LogP contribution in [0.4, 0.5) is 0 Å². The Labute approximate surface area is 93.2 Å². The third kappa shape index (κ3) is 2.16. The molecule has 1 aliphatic heterocycles. The van der Waals surface area contributed by atoms with Crippen molar-refractivity contribution in [1.29, 1.82) is 0 Å². The van der Waals surface area contributed by atoms with Crippen LogP contribution in [0.3, 0.4) is 0 Å². The first-order valence-corrected chi connectivity index (χ1v) is 5.83. The summed E-state index contributed by atoms with van der Waals surface area (Å²) in [4.78, 5) is 0. The number of piperidine rings is 1. The summed E-state index contributed by atoms with van der Waals surface area (Å²) in [5.41, 5.74) is 1.33. The molecule has 3 heteroatoms. The van der Waals surface area contributed by atoms with Gasteiger partial charge in [-0.2, -0.15) is 0 Å². The van der Waals surface area contributed by atoms with Gasteiger partial charge in [0.2, 0.25) is 0 Å². The van der Waals surface area contributed by atoms with E-state index in [2.05, 4.69) is 40.2 Å². The van der Waals surface area contributed by atoms with Gasteiger partial charge in [0.25, 0.3) is 0 Å². The first kappa shape index (κ1) is 10.1. The Morgan fingerprint density at radius 1 is 1.21 bits per heavy atom. The zero-order valence-corrected chi connectivity index (χ0v) is 9.70. The molecule has 2 N–H and O–H groups in total. The summed E-state index contributed by atoms with van der Waals surface area (Å²) in [5.74, 6) is 5.97. The molecule has 2 rings (SSSR count). The summed E-state index contributed by atoms with van der Waals surface area (Å²) >= 11 is 3.44. The lowest BCUT2D eigenvalue weighted by Gasteiger charge is -2.32. The summed E-state index contributed by atoms with van der Waals surface area (Å²) in [7, 11) is 0. The lowest BCUT2D eigenvalue weighted by atomic mass is 9.97. The minimum atomic E-state index is 0.414. The fourth-order valence-corrected chi connectivity index (χ4v) is 2.26. The van der Waals surface area contributed by atoms with Gasteiger partial charge in [0.1, 0.15) is 0 Å². The summed E-state index contributed by atoms with van der Waals surface area (Å²) in [6.07, 6.45) is 3.69. The zero-order chi connectivity index (χ0) is 9.97. The van der Waals surface area contributed by atoms with E-state index in [0.29, 0.717) is 6.04 Å². The molecule has 1 atom stereocenters. The molecular weight excluding hydrogens is 240 g/mol. The van der Waals surface area contributed by atoms with E-state index >= 15 is 0 Å². The Morgan fingerprint density at radius 2 is 1.93 bits per heavy atom. The van der Waals surface area contributed by atoms with Crippen molar-refractivity contribution in [2.75, 3.05) is 6.54 Å². The third-order valence-corrected chi connectivity index (χ3v) is 3.33. The Balaban J connectivity index is 2.16. The molecule has 1 aliphatic rings. The highest BCUT2D eigenvalue weighted by molar-refractivity contribution is 9.10. The highest BCUT2D eigenvalue weighted by Gasteiger charge is 2.20. The quantitative estimate of drug-likeness (QED) is 0.782. The highest BCUT2D eigenvalue weighted by atomic mass is 79.9. The number of hydrogen-bond donors (Lipinski definition) is 1. The van der Waals surface area contributed by atoms with Gasteiger partial charge in [-0.25, -0.2) is 5.01 Å². The summed E-state index contributed by atoms with van der Waals surface area (Å²) < 4.78 is 1.13. The van der Waals surface area contributed by atoms with Crippen LogP contribution in [-0.4, -0.2) is 11.6 Å². The molecule has 76 valence electrons. The van der Waals surface area contributed by atoms with E-state index in [-0.39, 0.29) is 0 Å². The largest absolute Gasteiger partial charge is 0.268 e. The fourth-order valence-electron chi connectivity index (χ4n) is 2.00. The van der Waals surface area contributed by atoms with Crippen LogP contribution in [0.1, 0.15) is 30.9 Å². The minimum absolute atomic E-state index is 0.414. The van der Waals surface area contributed by atoms with Gasteiger partial charge in [0, 0.05) is 17.1 Å². The summed E-state index contributed by atoms with van der Waals surface area (Å²) in [6.45, 7) is 1.01. The van der Waals surface area contributed by atoms with Crippen LogP contribution >= 0.6 is 15.9 Å². The van der Waals surface area contributed by atoms with Gasteiger partial charge in [-0.1, -0.05) is 34.5 Å². The first-order chi connectivity index (χ1) is 6.77. The number of nitrogens with two attached hydrogens (primary N) is 1. The predicted molar refractivity (Wildman–Crippen MR) is 61.6 cm³/mol. The predicted octanol–water partition coefficient (Wildman–Crippen LogP) is 2.85. The van der Waals surface area contributed by atoms with E-state index in [4.69, 9.17) is 5.84 Å². The van der Waals surface area contributed by atoms with Crippen LogP contribution in [0.5, 0.6) is 0 Å². The van der Waals surface area contributed by atoms with Gasteiger partial charge in [0.05, 0.1) is 0 Å². The van der Waals surface area contributed by atoms with Gasteiger partial charge in [-0.3, -0.25) is 5.84 Å². The van der Waals surface area contributed by atoms with Crippen molar-refractivity contribution in [3.8, 4) is 0 Å². The van der Waals surface area contributed by atoms with E-state index in [9.17, 15) is 0 Å². The van der Waals surface area contributed by atoms with Gasteiger partial charge >= 0.3 is 0 Å². The van der Waals surface area contributed by atoms with Crippen molar-refractivity contribution in [3.05, 3.63) is 34.3 Å². The van der Waals surface area contributed by atoms with Crippen LogP contribution < -0.4 is 5.84 Å². The molecule has 1 saturated heterocycles. The smallest absolute Gasteiger partial charge is 0.0490 e. The van der Waals surface area contributed by atoms with E-state index in [0.717, 1.165) is 11.0 Å². The number of hydrogen-bond acceptors (Lipinski definition) is 2. The van der Waals surface area contributed by atoms with Crippen LogP contribution in [0, 0.1) is 0 Å². The molecule has 0 aliphatic carbocycles. The normalized spacial score (nSPS) is 23.7. The third-order valence-electron chi connectivity index (χ3n) is 2.80. The molecular formula is C11H15BrN2. The monoisotopic (exact) mass is 254 g/mol. The van der Waals surface area contributed by atoms with Crippen molar-refractivity contribution in [2.24, 2.45) is 5.84 Å². The topological polar surface area (TPSA) is 29.3 Å². The Kier molecular flexibility index (Phi) is 3.21. The maximum absolute atomic E-state index is 5.97. The second-order valence-corrected chi connectivity index (χ2v) is 4.72. The molecule has 1 unspecified atom stereocenters. The Bertz CT molecular complexity index is 297. The van der Waals surface area contributed by atoms with Gasteiger partial charge in [-0.15, -0.1) is 0 Å². The average Bonchev–Trinajstić information content (AvgIpc) is 2.20.